The zero-order chi connectivity index (χ0) is 19.1. The van der Waals surface area contributed by atoms with E-state index in [1.165, 1.54) is 5.56 Å². The summed E-state index contributed by atoms with van der Waals surface area (Å²) in [7, 11) is 0. The molecule has 2 bridgehead atoms. The van der Waals surface area contributed by atoms with Crippen LogP contribution in [0.2, 0.25) is 0 Å². The zero-order valence-electron chi connectivity index (χ0n) is 16.3. The Bertz CT molecular complexity index is 852. The number of aromatic nitrogens is 1. The van der Waals surface area contributed by atoms with Crippen LogP contribution < -0.4 is 5.32 Å². The molecule has 0 aromatic carbocycles. The number of rotatable bonds is 6. The number of fused-ring (bicyclic) bond motifs is 1. The minimum absolute atomic E-state index is 0.00437. The number of aryl methyl sites for hydroxylation is 1. The van der Waals surface area contributed by atoms with Gasteiger partial charge < -0.3 is 14.5 Å². The third-order valence-corrected chi connectivity index (χ3v) is 6.86. The SMILES string of the molecule is Cc1ccoc1C(=O)NC[C@H]1[C@H]2CN(CCc3cccnc3)C[C@]23CC[C@H]1O3. The number of amides is 1. The molecule has 0 unspecified atom stereocenters. The summed E-state index contributed by atoms with van der Waals surface area (Å²) >= 11 is 0. The molecule has 1 spiro atoms. The molecule has 5 heterocycles. The number of nitrogens with zero attached hydrogens (tertiary/aromatic N) is 2. The fourth-order valence-corrected chi connectivity index (χ4v) is 5.46. The van der Waals surface area contributed by atoms with Gasteiger partial charge in [-0.25, -0.2) is 0 Å². The largest absolute Gasteiger partial charge is 0.459 e. The van der Waals surface area contributed by atoms with Crippen molar-refractivity contribution in [3.05, 3.63) is 53.7 Å². The number of likely N-dealkylation sites (tertiary alicyclic amines) is 1. The number of pyridine rings is 1. The topological polar surface area (TPSA) is 67.6 Å². The van der Waals surface area contributed by atoms with Crippen molar-refractivity contribution in [3.8, 4) is 0 Å². The molecule has 0 saturated carbocycles. The fourth-order valence-electron chi connectivity index (χ4n) is 5.46. The van der Waals surface area contributed by atoms with Crippen LogP contribution in [0, 0.1) is 18.8 Å². The van der Waals surface area contributed by atoms with E-state index in [0.29, 0.717) is 24.1 Å². The Morgan fingerprint density at radius 2 is 2.36 bits per heavy atom. The van der Waals surface area contributed by atoms with E-state index in [2.05, 4.69) is 21.3 Å². The molecule has 2 aromatic rings. The second-order valence-corrected chi connectivity index (χ2v) is 8.52. The molecule has 0 aliphatic carbocycles. The molecule has 6 heteroatoms. The molecular weight excluding hydrogens is 354 g/mol. The van der Waals surface area contributed by atoms with E-state index < -0.39 is 0 Å². The Hall–Kier alpha value is -2.18. The fraction of sp³-hybridized carbons (Fsp3) is 0.545. The molecule has 3 saturated heterocycles. The van der Waals surface area contributed by atoms with E-state index in [1.807, 2.05) is 31.5 Å². The van der Waals surface area contributed by atoms with Gasteiger partial charge in [-0.15, -0.1) is 0 Å². The molecule has 3 aliphatic rings. The van der Waals surface area contributed by atoms with Gasteiger partial charge in [-0.3, -0.25) is 14.7 Å². The second-order valence-electron chi connectivity index (χ2n) is 8.52. The Labute approximate surface area is 165 Å². The quantitative estimate of drug-likeness (QED) is 0.832. The maximum absolute atomic E-state index is 12.4. The minimum Gasteiger partial charge on any atom is -0.459 e. The average Bonchev–Trinajstić information content (AvgIpc) is 3.45. The number of hydrogen-bond donors (Lipinski definition) is 1. The van der Waals surface area contributed by atoms with E-state index >= 15 is 0 Å². The molecule has 5 rings (SSSR count). The highest BCUT2D eigenvalue weighted by Crippen LogP contribution is 2.54. The first-order chi connectivity index (χ1) is 13.6. The monoisotopic (exact) mass is 381 g/mol. The minimum atomic E-state index is -0.120. The van der Waals surface area contributed by atoms with E-state index in [4.69, 9.17) is 9.15 Å². The van der Waals surface area contributed by atoms with Gasteiger partial charge in [0.1, 0.15) is 0 Å². The van der Waals surface area contributed by atoms with Crippen LogP contribution in [0.3, 0.4) is 0 Å². The van der Waals surface area contributed by atoms with Gasteiger partial charge in [0.25, 0.3) is 5.91 Å². The van der Waals surface area contributed by atoms with Gasteiger partial charge in [-0.1, -0.05) is 6.07 Å². The lowest BCUT2D eigenvalue weighted by Gasteiger charge is -2.29. The number of nitrogens with one attached hydrogen (secondary N) is 1. The van der Waals surface area contributed by atoms with Gasteiger partial charge in [0.2, 0.25) is 0 Å². The molecule has 2 aromatic heterocycles. The first kappa shape index (κ1) is 17.9. The van der Waals surface area contributed by atoms with E-state index in [0.717, 1.165) is 44.5 Å². The average molecular weight is 381 g/mol. The predicted molar refractivity (Wildman–Crippen MR) is 104 cm³/mol. The van der Waals surface area contributed by atoms with E-state index in [9.17, 15) is 4.79 Å². The molecule has 3 aliphatic heterocycles. The maximum atomic E-state index is 12.4. The van der Waals surface area contributed by atoms with Crippen LogP contribution in [-0.2, 0) is 11.2 Å². The highest BCUT2D eigenvalue weighted by Gasteiger charge is 2.62. The summed E-state index contributed by atoms with van der Waals surface area (Å²) in [6, 6.07) is 5.96. The number of furan rings is 1. The van der Waals surface area contributed by atoms with Gasteiger partial charge in [0.05, 0.1) is 18.0 Å². The highest BCUT2D eigenvalue weighted by atomic mass is 16.5. The van der Waals surface area contributed by atoms with Crippen molar-refractivity contribution >= 4 is 5.91 Å². The van der Waals surface area contributed by atoms with Crippen LogP contribution in [-0.4, -0.2) is 53.7 Å². The Kier molecular flexibility index (Phi) is 4.48. The lowest BCUT2D eigenvalue weighted by atomic mass is 9.73. The Balaban J connectivity index is 1.21. The summed E-state index contributed by atoms with van der Waals surface area (Å²) in [6.07, 6.45) is 8.88. The molecular formula is C22H27N3O3. The lowest BCUT2D eigenvalue weighted by molar-refractivity contribution is 0.00285. The summed E-state index contributed by atoms with van der Waals surface area (Å²) in [4.78, 5) is 19.2. The molecule has 6 nitrogen and oxygen atoms in total. The molecule has 0 radical (unpaired) electrons. The molecule has 148 valence electrons. The van der Waals surface area contributed by atoms with E-state index in [-0.39, 0.29) is 17.6 Å². The lowest BCUT2D eigenvalue weighted by Crippen LogP contribution is -2.41. The Morgan fingerprint density at radius 1 is 1.43 bits per heavy atom. The standard InChI is InChI=1S/C22H27N3O3/c1-15-6-10-27-20(15)21(26)24-12-17-18-13-25(9-5-16-3-2-8-23-11-16)14-22(18)7-4-19(17)28-22/h2-3,6,8,10-11,17-19H,4-5,7,9,12-14H2,1H3,(H,24,26)/t17-,18+,19+,22+/m0/s1. The number of carbonyl (C=O) groups is 1. The summed E-state index contributed by atoms with van der Waals surface area (Å²) in [6.45, 7) is 5.65. The number of carbonyl (C=O) groups excluding carboxylic acids is 1. The molecule has 28 heavy (non-hydrogen) atoms. The summed E-state index contributed by atoms with van der Waals surface area (Å²) in [5, 5.41) is 3.10. The third kappa shape index (κ3) is 3.05. The number of ether oxygens (including phenoxy) is 1. The maximum Gasteiger partial charge on any atom is 0.287 e. The second kappa shape index (κ2) is 7.01. The first-order valence-corrected chi connectivity index (χ1v) is 10.3. The van der Waals surface area contributed by atoms with Gasteiger partial charge in [0.15, 0.2) is 5.76 Å². The highest BCUT2D eigenvalue weighted by molar-refractivity contribution is 5.92. The number of hydrogen-bond acceptors (Lipinski definition) is 5. The Morgan fingerprint density at radius 3 is 3.14 bits per heavy atom. The van der Waals surface area contributed by atoms with Crippen LogP contribution in [0.15, 0.2) is 41.3 Å². The summed E-state index contributed by atoms with van der Waals surface area (Å²) in [5.41, 5.74) is 2.15. The van der Waals surface area contributed by atoms with Crippen LogP contribution in [0.5, 0.6) is 0 Å². The van der Waals surface area contributed by atoms with Gasteiger partial charge in [0, 0.05) is 56.0 Å². The van der Waals surface area contributed by atoms with Gasteiger partial charge in [-0.05, 0) is 43.9 Å². The van der Waals surface area contributed by atoms with Crippen molar-refractivity contribution < 1.29 is 13.9 Å². The van der Waals surface area contributed by atoms with Crippen molar-refractivity contribution in [2.45, 2.75) is 37.9 Å². The van der Waals surface area contributed by atoms with Crippen LogP contribution >= 0.6 is 0 Å². The van der Waals surface area contributed by atoms with Crippen molar-refractivity contribution in [2.24, 2.45) is 11.8 Å². The zero-order valence-corrected chi connectivity index (χ0v) is 16.3. The van der Waals surface area contributed by atoms with Gasteiger partial charge >= 0.3 is 0 Å². The van der Waals surface area contributed by atoms with Crippen molar-refractivity contribution in [1.29, 1.82) is 0 Å². The van der Waals surface area contributed by atoms with Crippen LogP contribution in [0.4, 0.5) is 0 Å². The third-order valence-electron chi connectivity index (χ3n) is 6.86. The predicted octanol–water partition coefficient (Wildman–Crippen LogP) is 2.43. The van der Waals surface area contributed by atoms with Gasteiger partial charge in [-0.2, -0.15) is 0 Å². The summed E-state index contributed by atoms with van der Waals surface area (Å²) < 4.78 is 11.8. The first-order valence-electron chi connectivity index (χ1n) is 10.3. The normalized spacial score (nSPS) is 31.2. The molecule has 1 N–H and O–H groups in total. The summed E-state index contributed by atoms with van der Waals surface area (Å²) in [5.74, 6) is 1.18. The van der Waals surface area contributed by atoms with Crippen molar-refractivity contribution in [2.75, 3.05) is 26.2 Å². The molecule has 1 amide bonds. The van der Waals surface area contributed by atoms with E-state index in [1.54, 1.807) is 6.26 Å². The van der Waals surface area contributed by atoms with Crippen LogP contribution in [0.1, 0.15) is 34.5 Å². The van der Waals surface area contributed by atoms with Crippen molar-refractivity contribution in [1.82, 2.24) is 15.2 Å². The molecule has 4 atom stereocenters. The molecule has 3 fully saturated rings. The smallest absolute Gasteiger partial charge is 0.287 e. The van der Waals surface area contributed by atoms with Crippen molar-refractivity contribution in [3.63, 3.8) is 0 Å². The van der Waals surface area contributed by atoms with Crippen LogP contribution in [0.25, 0.3) is 0 Å².